The van der Waals surface area contributed by atoms with Crippen LogP contribution < -0.4 is 5.69 Å². The van der Waals surface area contributed by atoms with Gasteiger partial charge in [0.2, 0.25) is 0 Å². The number of hydrogen-bond acceptors (Lipinski definition) is 2. The number of rotatable bonds is 3. The van der Waals surface area contributed by atoms with Crippen molar-refractivity contribution in [3.63, 3.8) is 0 Å². The molecule has 1 unspecified atom stereocenters. The number of aryl methyl sites for hydroxylation is 1. The Morgan fingerprint density at radius 1 is 1.62 bits per heavy atom. The van der Waals surface area contributed by atoms with Crippen LogP contribution in [0.25, 0.3) is 0 Å². The summed E-state index contributed by atoms with van der Waals surface area (Å²) in [5.74, 6) is -0.900. The number of nitrogens with zero attached hydrogens (tertiary/aromatic N) is 2. The number of carboxylic acid groups (broad SMARTS) is 1. The summed E-state index contributed by atoms with van der Waals surface area (Å²) in [6, 6.07) is -0.300. The van der Waals surface area contributed by atoms with Gasteiger partial charge in [-0.15, -0.1) is 0 Å². The van der Waals surface area contributed by atoms with E-state index in [2.05, 4.69) is 0 Å². The highest BCUT2D eigenvalue weighted by Crippen LogP contribution is 2.06. The second-order valence-electron chi connectivity index (χ2n) is 3.05. The zero-order chi connectivity index (χ0) is 10.0. The molecule has 0 saturated carbocycles. The molecule has 72 valence electrons. The first-order valence-corrected chi connectivity index (χ1v) is 3.97. The lowest BCUT2D eigenvalue weighted by Crippen LogP contribution is -2.25. The van der Waals surface area contributed by atoms with Crippen LogP contribution in [0.4, 0.5) is 0 Å². The second kappa shape index (κ2) is 3.47. The summed E-state index contributed by atoms with van der Waals surface area (Å²) < 4.78 is 2.83. The number of hydrogen-bond donors (Lipinski definition) is 1. The number of carboxylic acids is 1. The van der Waals surface area contributed by atoms with Gasteiger partial charge < -0.3 is 9.67 Å². The quantitative estimate of drug-likeness (QED) is 0.731. The second-order valence-corrected chi connectivity index (χ2v) is 3.05. The van der Waals surface area contributed by atoms with E-state index in [-0.39, 0.29) is 18.2 Å². The molecule has 0 fully saturated rings. The van der Waals surface area contributed by atoms with Crippen molar-refractivity contribution in [2.75, 3.05) is 0 Å². The van der Waals surface area contributed by atoms with E-state index in [0.717, 1.165) is 0 Å². The first-order valence-electron chi connectivity index (χ1n) is 3.97. The Labute approximate surface area is 75.2 Å². The van der Waals surface area contributed by atoms with Gasteiger partial charge in [-0.3, -0.25) is 9.36 Å². The van der Waals surface area contributed by atoms with Gasteiger partial charge in [0.05, 0.1) is 6.42 Å². The molecular formula is C8H12N2O3. The van der Waals surface area contributed by atoms with E-state index in [9.17, 15) is 9.59 Å². The summed E-state index contributed by atoms with van der Waals surface area (Å²) in [7, 11) is 1.63. The van der Waals surface area contributed by atoms with Crippen molar-refractivity contribution in [1.82, 2.24) is 9.13 Å². The maximum Gasteiger partial charge on any atom is 0.328 e. The zero-order valence-electron chi connectivity index (χ0n) is 7.60. The van der Waals surface area contributed by atoms with Gasteiger partial charge in [0.25, 0.3) is 0 Å². The zero-order valence-corrected chi connectivity index (χ0v) is 7.60. The topological polar surface area (TPSA) is 64.2 Å². The summed E-state index contributed by atoms with van der Waals surface area (Å²) in [5.41, 5.74) is -0.186. The molecule has 5 heteroatoms. The van der Waals surface area contributed by atoms with E-state index < -0.39 is 5.97 Å². The van der Waals surface area contributed by atoms with Gasteiger partial charge in [0.15, 0.2) is 0 Å². The van der Waals surface area contributed by atoms with Crippen LogP contribution in [0.2, 0.25) is 0 Å². The first kappa shape index (κ1) is 9.57. The number of imidazole rings is 1. The van der Waals surface area contributed by atoms with Gasteiger partial charge in [-0.1, -0.05) is 0 Å². The van der Waals surface area contributed by atoms with Crippen molar-refractivity contribution in [3.8, 4) is 0 Å². The monoisotopic (exact) mass is 184 g/mol. The normalized spacial score (nSPS) is 12.8. The van der Waals surface area contributed by atoms with E-state index in [1.807, 2.05) is 0 Å². The van der Waals surface area contributed by atoms with E-state index in [1.165, 1.54) is 9.13 Å². The van der Waals surface area contributed by atoms with Gasteiger partial charge in [0, 0.05) is 25.5 Å². The lowest BCUT2D eigenvalue weighted by molar-refractivity contribution is -0.137. The van der Waals surface area contributed by atoms with Crippen LogP contribution >= 0.6 is 0 Å². The Morgan fingerprint density at radius 2 is 2.23 bits per heavy atom. The Bertz CT molecular complexity index is 364. The van der Waals surface area contributed by atoms with Gasteiger partial charge in [-0.05, 0) is 6.92 Å². The molecule has 1 rings (SSSR count). The number of aliphatic carboxylic acids is 1. The maximum absolute atomic E-state index is 11.3. The minimum Gasteiger partial charge on any atom is -0.481 e. The molecule has 13 heavy (non-hydrogen) atoms. The molecule has 1 aromatic heterocycles. The van der Waals surface area contributed by atoms with E-state index in [0.29, 0.717) is 0 Å². The highest BCUT2D eigenvalue weighted by atomic mass is 16.4. The fourth-order valence-electron chi connectivity index (χ4n) is 1.17. The molecule has 0 aliphatic carbocycles. The summed E-state index contributed by atoms with van der Waals surface area (Å²) in [5, 5.41) is 8.52. The highest BCUT2D eigenvalue weighted by molar-refractivity contribution is 5.67. The Morgan fingerprint density at radius 3 is 2.62 bits per heavy atom. The molecule has 0 aliphatic heterocycles. The predicted octanol–water partition coefficient (Wildman–Crippen LogP) is 0.223. The van der Waals surface area contributed by atoms with Crippen LogP contribution in [0.5, 0.6) is 0 Å². The standard InChI is InChI=1S/C8H12N2O3/c1-6(5-7(11)12)10-4-3-9(2)8(10)13/h3-4,6H,5H2,1-2H3,(H,11,12). The molecule has 0 saturated heterocycles. The van der Waals surface area contributed by atoms with Crippen LogP contribution in [-0.2, 0) is 11.8 Å². The number of carbonyl (C=O) groups is 1. The molecule has 0 amide bonds. The molecular weight excluding hydrogens is 172 g/mol. The SMILES string of the molecule is CC(CC(=O)O)n1ccn(C)c1=O. The predicted molar refractivity (Wildman–Crippen MR) is 46.6 cm³/mol. The lowest BCUT2D eigenvalue weighted by Gasteiger charge is -2.08. The smallest absolute Gasteiger partial charge is 0.328 e. The minimum absolute atomic E-state index is 0.0378. The molecule has 0 radical (unpaired) electrons. The summed E-state index contributed by atoms with van der Waals surface area (Å²) in [6.45, 7) is 1.70. The molecule has 0 spiro atoms. The average Bonchev–Trinajstić information content (AvgIpc) is 2.31. The van der Waals surface area contributed by atoms with Gasteiger partial charge >= 0.3 is 11.7 Å². The van der Waals surface area contributed by atoms with E-state index >= 15 is 0 Å². The maximum atomic E-state index is 11.3. The van der Waals surface area contributed by atoms with Crippen molar-refractivity contribution in [2.45, 2.75) is 19.4 Å². The number of aromatic nitrogens is 2. The van der Waals surface area contributed by atoms with Gasteiger partial charge in [0.1, 0.15) is 0 Å². The fraction of sp³-hybridized carbons (Fsp3) is 0.500. The summed E-state index contributed by atoms with van der Waals surface area (Å²) in [6.07, 6.45) is 3.17. The fourth-order valence-corrected chi connectivity index (χ4v) is 1.17. The van der Waals surface area contributed by atoms with Crippen LogP contribution in [-0.4, -0.2) is 20.2 Å². The average molecular weight is 184 g/mol. The van der Waals surface area contributed by atoms with Crippen LogP contribution in [0.1, 0.15) is 19.4 Å². The summed E-state index contributed by atoms with van der Waals surface area (Å²) >= 11 is 0. The van der Waals surface area contributed by atoms with Crippen molar-refractivity contribution in [3.05, 3.63) is 22.9 Å². The van der Waals surface area contributed by atoms with Crippen molar-refractivity contribution in [2.24, 2.45) is 7.05 Å². The largest absolute Gasteiger partial charge is 0.481 e. The molecule has 0 aromatic carbocycles. The molecule has 0 aliphatic rings. The Balaban J connectivity index is 2.89. The van der Waals surface area contributed by atoms with Crippen LogP contribution in [0, 0.1) is 0 Å². The third kappa shape index (κ3) is 1.99. The lowest BCUT2D eigenvalue weighted by atomic mass is 10.2. The molecule has 5 nitrogen and oxygen atoms in total. The molecule has 1 aromatic rings. The molecule has 1 heterocycles. The molecule has 0 bridgehead atoms. The van der Waals surface area contributed by atoms with Gasteiger partial charge in [-0.25, -0.2) is 4.79 Å². The van der Waals surface area contributed by atoms with Crippen LogP contribution in [0.3, 0.4) is 0 Å². The van der Waals surface area contributed by atoms with Gasteiger partial charge in [-0.2, -0.15) is 0 Å². The van der Waals surface area contributed by atoms with Crippen LogP contribution in [0.15, 0.2) is 17.2 Å². The Hall–Kier alpha value is -1.52. The third-order valence-electron chi connectivity index (χ3n) is 1.92. The highest BCUT2D eigenvalue weighted by Gasteiger charge is 2.11. The van der Waals surface area contributed by atoms with Crippen molar-refractivity contribution < 1.29 is 9.90 Å². The van der Waals surface area contributed by atoms with E-state index in [4.69, 9.17) is 5.11 Å². The van der Waals surface area contributed by atoms with Crippen molar-refractivity contribution in [1.29, 1.82) is 0 Å². The van der Waals surface area contributed by atoms with Crippen molar-refractivity contribution >= 4 is 5.97 Å². The molecule has 1 N–H and O–H groups in total. The summed E-state index contributed by atoms with van der Waals surface area (Å²) in [4.78, 5) is 21.7. The third-order valence-corrected chi connectivity index (χ3v) is 1.92. The molecule has 1 atom stereocenters. The first-order chi connectivity index (χ1) is 6.02. The Kier molecular flexibility index (Phi) is 2.55. The minimum atomic E-state index is -0.900. The van der Waals surface area contributed by atoms with E-state index in [1.54, 1.807) is 26.4 Å².